The molecular weight excluding hydrogens is 441 g/mol. The first-order chi connectivity index (χ1) is 15.8. The Morgan fingerprint density at radius 1 is 1.06 bits per heavy atom. The van der Waals surface area contributed by atoms with Crippen LogP contribution in [0.3, 0.4) is 0 Å². The van der Waals surface area contributed by atoms with Crippen LogP contribution in [0.1, 0.15) is 19.4 Å². The Morgan fingerprint density at radius 3 is 2.52 bits per heavy atom. The number of aromatic nitrogens is 2. The van der Waals surface area contributed by atoms with Gasteiger partial charge in [-0.05, 0) is 55.8 Å². The van der Waals surface area contributed by atoms with Gasteiger partial charge in [-0.1, -0.05) is 6.07 Å². The second-order valence-corrected chi connectivity index (χ2v) is 10.1. The zero-order valence-corrected chi connectivity index (χ0v) is 19.6. The third-order valence-electron chi connectivity index (χ3n) is 5.81. The highest BCUT2D eigenvalue weighted by Crippen LogP contribution is 2.26. The van der Waals surface area contributed by atoms with Crippen molar-refractivity contribution in [3.63, 3.8) is 0 Å². The third kappa shape index (κ3) is 5.73. The summed E-state index contributed by atoms with van der Waals surface area (Å²) in [5.74, 6) is -0.381. The van der Waals surface area contributed by atoms with Crippen LogP contribution in [0.25, 0.3) is 11.3 Å². The summed E-state index contributed by atoms with van der Waals surface area (Å²) in [4.78, 5) is 12.9. The van der Waals surface area contributed by atoms with E-state index in [1.807, 2.05) is 6.07 Å². The zero-order valence-electron chi connectivity index (χ0n) is 18.8. The van der Waals surface area contributed by atoms with Crippen LogP contribution in [0.4, 0.5) is 10.1 Å². The van der Waals surface area contributed by atoms with Crippen molar-refractivity contribution in [1.29, 1.82) is 0 Å². The van der Waals surface area contributed by atoms with Crippen LogP contribution in [-0.2, 0) is 16.6 Å². The normalized spacial score (nSPS) is 15.6. The Kier molecular flexibility index (Phi) is 7.02. The van der Waals surface area contributed by atoms with Crippen LogP contribution in [0.5, 0.6) is 0 Å². The quantitative estimate of drug-likeness (QED) is 0.570. The van der Waals surface area contributed by atoms with Crippen molar-refractivity contribution in [1.82, 2.24) is 19.8 Å². The maximum Gasteiger partial charge on any atom is 0.263 e. The molecule has 0 saturated carbocycles. The van der Waals surface area contributed by atoms with Crippen LogP contribution < -0.4 is 4.72 Å². The fourth-order valence-corrected chi connectivity index (χ4v) is 4.93. The number of hydrogen-bond donors (Lipinski definition) is 1. The van der Waals surface area contributed by atoms with Crippen LogP contribution in [-0.4, -0.2) is 60.4 Å². The topological polar surface area (TPSA) is 78.4 Å². The molecule has 1 aliphatic heterocycles. The molecule has 1 saturated heterocycles. The lowest BCUT2D eigenvalue weighted by molar-refractivity contribution is 0.104. The van der Waals surface area contributed by atoms with Gasteiger partial charge in [0.1, 0.15) is 10.7 Å². The molecule has 0 radical (unpaired) electrons. The van der Waals surface area contributed by atoms with Crippen LogP contribution in [0.2, 0.25) is 0 Å². The Balaban J connectivity index is 1.46. The van der Waals surface area contributed by atoms with Gasteiger partial charge in [-0.15, -0.1) is 0 Å². The highest BCUT2D eigenvalue weighted by molar-refractivity contribution is 7.92. The molecule has 7 nitrogen and oxygen atoms in total. The van der Waals surface area contributed by atoms with Crippen LogP contribution >= 0.6 is 0 Å². The highest BCUT2D eigenvalue weighted by atomic mass is 32.2. The van der Waals surface area contributed by atoms with E-state index in [0.29, 0.717) is 29.5 Å². The SMILES string of the molecule is CC(C)N1CCN(Cc2ccc(-c3cc(NS(=O)(=O)c4cccnc4)ccn3)c(F)c2)CC1. The van der Waals surface area contributed by atoms with Gasteiger partial charge in [-0.25, -0.2) is 12.8 Å². The molecule has 0 amide bonds. The lowest BCUT2D eigenvalue weighted by atomic mass is 10.1. The summed E-state index contributed by atoms with van der Waals surface area (Å²) in [6.45, 7) is 9.06. The van der Waals surface area contributed by atoms with E-state index >= 15 is 0 Å². The first-order valence-corrected chi connectivity index (χ1v) is 12.4. The van der Waals surface area contributed by atoms with E-state index in [-0.39, 0.29) is 10.7 Å². The summed E-state index contributed by atoms with van der Waals surface area (Å²) in [6, 6.07) is 11.8. The Hall–Kier alpha value is -2.88. The molecule has 1 N–H and O–H groups in total. The fourth-order valence-electron chi connectivity index (χ4n) is 3.92. The van der Waals surface area contributed by atoms with Crippen molar-refractivity contribution in [2.24, 2.45) is 0 Å². The number of rotatable bonds is 7. The number of sulfonamides is 1. The van der Waals surface area contributed by atoms with Gasteiger partial charge in [0.15, 0.2) is 0 Å². The van der Waals surface area contributed by atoms with E-state index in [2.05, 4.69) is 38.3 Å². The molecule has 0 spiro atoms. The van der Waals surface area contributed by atoms with Gasteiger partial charge in [0.2, 0.25) is 0 Å². The summed E-state index contributed by atoms with van der Waals surface area (Å²) in [5, 5.41) is 0. The zero-order chi connectivity index (χ0) is 23.4. The first-order valence-electron chi connectivity index (χ1n) is 11.0. The lowest BCUT2D eigenvalue weighted by Gasteiger charge is -2.36. The second-order valence-electron chi connectivity index (χ2n) is 8.44. The van der Waals surface area contributed by atoms with Gasteiger partial charge in [0, 0.05) is 62.9 Å². The summed E-state index contributed by atoms with van der Waals surface area (Å²) in [6.07, 6.45) is 4.23. The van der Waals surface area contributed by atoms with Gasteiger partial charge in [-0.3, -0.25) is 24.5 Å². The van der Waals surface area contributed by atoms with E-state index in [0.717, 1.165) is 31.7 Å². The maximum absolute atomic E-state index is 15.0. The molecule has 0 atom stereocenters. The molecular formula is C24H28FN5O2S. The van der Waals surface area contributed by atoms with E-state index in [1.165, 1.54) is 42.9 Å². The molecule has 3 aromatic rings. The highest BCUT2D eigenvalue weighted by Gasteiger charge is 2.19. The van der Waals surface area contributed by atoms with E-state index in [4.69, 9.17) is 0 Å². The smallest absolute Gasteiger partial charge is 0.263 e. The summed E-state index contributed by atoms with van der Waals surface area (Å²) < 4.78 is 42.6. The van der Waals surface area contributed by atoms with E-state index in [1.54, 1.807) is 12.1 Å². The molecule has 1 aromatic carbocycles. The Bertz CT molecular complexity index is 1200. The number of benzene rings is 1. The minimum absolute atomic E-state index is 0.0492. The van der Waals surface area contributed by atoms with Crippen LogP contribution in [0.15, 0.2) is 66.0 Å². The number of piperazine rings is 1. The number of hydrogen-bond acceptors (Lipinski definition) is 6. The van der Waals surface area contributed by atoms with Gasteiger partial charge in [-0.2, -0.15) is 0 Å². The van der Waals surface area contributed by atoms with Crippen molar-refractivity contribution in [3.8, 4) is 11.3 Å². The number of nitrogens with one attached hydrogen (secondary N) is 1. The van der Waals surface area contributed by atoms with Crippen molar-refractivity contribution >= 4 is 15.7 Å². The van der Waals surface area contributed by atoms with E-state index in [9.17, 15) is 12.8 Å². The monoisotopic (exact) mass is 469 g/mol. The molecule has 0 bridgehead atoms. The van der Waals surface area contributed by atoms with Crippen molar-refractivity contribution in [2.75, 3.05) is 30.9 Å². The minimum Gasteiger partial charge on any atom is -0.298 e. The fraction of sp³-hybridized carbons (Fsp3) is 0.333. The van der Waals surface area contributed by atoms with Gasteiger partial charge < -0.3 is 0 Å². The Morgan fingerprint density at radius 2 is 1.85 bits per heavy atom. The van der Waals surface area contributed by atoms with Crippen molar-refractivity contribution in [3.05, 3.63) is 72.4 Å². The number of pyridine rings is 2. The maximum atomic E-state index is 15.0. The molecule has 0 unspecified atom stereocenters. The standard InChI is InChI=1S/C24H28FN5O2S/c1-18(2)30-12-10-29(11-13-30)17-19-5-6-22(23(25)14-19)24-15-20(7-9-27-24)28-33(31,32)21-4-3-8-26-16-21/h3-9,14-16,18H,10-13,17H2,1-2H3,(H,27,28). The lowest BCUT2D eigenvalue weighted by Crippen LogP contribution is -2.48. The van der Waals surface area contributed by atoms with Crippen molar-refractivity contribution < 1.29 is 12.8 Å². The molecule has 9 heteroatoms. The molecule has 174 valence electrons. The molecule has 1 aliphatic rings. The largest absolute Gasteiger partial charge is 0.298 e. The van der Waals surface area contributed by atoms with E-state index < -0.39 is 10.0 Å². The molecule has 33 heavy (non-hydrogen) atoms. The number of anilines is 1. The Labute approximate surface area is 194 Å². The third-order valence-corrected chi connectivity index (χ3v) is 7.18. The number of halogens is 1. The molecule has 1 fully saturated rings. The summed E-state index contributed by atoms with van der Waals surface area (Å²) in [7, 11) is -3.80. The summed E-state index contributed by atoms with van der Waals surface area (Å²) >= 11 is 0. The summed E-state index contributed by atoms with van der Waals surface area (Å²) in [5.41, 5.74) is 1.89. The average Bonchev–Trinajstić information content (AvgIpc) is 2.80. The van der Waals surface area contributed by atoms with Gasteiger partial charge in [0.25, 0.3) is 10.0 Å². The molecule has 4 rings (SSSR count). The molecule has 3 heterocycles. The predicted molar refractivity (Wildman–Crippen MR) is 127 cm³/mol. The van der Waals surface area contributed by atoms with Crippen molar-refractivity contribution in [2.45, 2.75) is 31.3 Å². The first kappa shape index (κ1) is 23.3. The predicted octanol–water partition coefficient (Wildman–Crippen LogP) is 3.61. The van der Waals surface area contributed by atoms with Gasteiger partial charge in [0.05, 0.1) is 11.4 Å². The molecule has 2 aromatic heterocycles. The van der Waals surface area contributed by atoms with Crippen LogP contribution in [0, 0.1) is 5.82 Å². The van der Waals surface area contributed by atoms with Gasteiger partial charge >= 0.3 is 0 Å². The molecule has 0 aliphatic carbocycles. The number of nitrogens with zero attached hydrogens (tertiary/aromatic N) is 4. The average molecular weight is 470 g/mol. The second kappa shape index (κ2) is 9.94. The minimum atomic E-state index is -3.80.